The molecule has 0 aliphatic carbocycles. The highest BCUT2D eigenvalue weighted by Gasteiger charge is 2.08. The van der Waals surface area contributed by atoms with Crippen LogP contribution in [0.5, 0.6) is 0 Å². The van der Waals surface area contributed by atoms with Crippen molar-refractivity contribution >= 4 is 0 Å². The van der Waals surface area contributed by atoms with Crippen LogP contribution < -0.4 is 5.32 Å². The van der Waals surface area contributed by atoms with E-state index in [0.717, 1.165) is 12.0 Å². The molecule has 0 saturated heterocycles. The van der Waals surface area contributed by atoms with Crippen molar-refractivity contribution in [1.82, 2.24) is 5.32 Å². The van der Waals surface area contributed by atoms with Gasteiger partial charge in [0.05, 0.1) is 0 Å². The van der Waals surface area contributed by atoms with Crippen molar-refractivity contribution in [3.05, 3.63) is 0 Å². The Morgan fingerprint density at radius 3 is 1.83 bits per heavy atom. The minimum absolute atomic E-state index is 0.676. The Labute approximate surface area is 77.9 Å². The summed E-state index contributed by atoms with van der Waals surface area (Å²) in [5, 5.41) is 3.65. The van der Waals surface area contributed by atoms with E-state index < -0.39 is 0 Å². The number of rotatable bonds is 6. The summed E-state index contributed by atoms with van der Waals surface area (Å²) in [5.41, 5.74) is 0. The Bertz CT molecular complexity index is 95.2. The van der Waals surface area contributed by atoms with E-state index in [9.17, 15) is 0 Å². The second kappa shape index (κ2) is 6.47. The van der Waals surface area contributed by atoms with E-state index in [2.05, 4.69) is 39.9 Å². The van der Waals surface area contributed by atoms with Crippen LogP contribution in [0, 0.1) is 5.92 Å². The summed E-state index contributed by atoms with van der Waals surface area (Å²) < 4.78 is 0. The Morgan fingerprint density at radius 2 is 1.50 bits per heavy atom. The zero-order chi connectivity index (χ0) is 9.56. The predicted molar refractivity (Wildman–Crippen MR) is 56.4 cm³/mol. The van der Waals surface area contributed by atoms with Crippen molar-refractivity contribution in [3.63, 3.8) is 0 Å². The first-order chi connectivity index (χ1) is 5.60. The van der Waals surface area contributed by atoms with E-state index in [1.165, 1.54) is 19.3 Å². The molecule has 0 saturated carbocycles. The third kappa shape index (κ3) is 5.59. The maximum Gasteiger partial charge on any atom is 0.00642 e. The summed E-state index contributed by atoms with van der Waals surface area (Å²) in [7, 11) is 0. The van der Waals surface area contributed by atoms with Gasteiger partial charge in [0.2, 0.25) is 0 Å². The van der Waals surface area contributed by atoms with E-state index >= 15 is 0 Å². The first-order valence-corrected chi connectivity index (χ1v) is 5.36. The minimum atomic E-state index is 0.676. The van der Waals surface area contributed by atoms with Crippen LogP contribution in [-0.2, 0) is 0 Å². The molecule has 74 valence electrons. The topological polar surface area (TPSA) is 12.0 Å². The molecular weight excluding hydrogens is 146 g/mol. The maximum atomic E-state index is 3.65. The molecule has 0 aliphatic heterocycles. The fourth-order valence-corrected chi connectivity index (χ4v) is 1.70. The summed E-state index contributed by atoms with van der Waals surface area (Å²) in [4.78, 5) is 0. The summed E-state index contributed by atoms with van der Waals surface area (Å²) in [5.74, 6) is 0.807. The molecule has 0 spiro atoms. The first-order valence-electron chi connectivity index (χ1n) is 5.36. The molecule has 0 aliphatic rings. The fraction of sp³-hybridized carbons (Fsp3) is 1.00. The molecule has 1 atom stereocenters. The van der Waals surface area contributed by atoms with Crippen LogP contribution in [0.4, 0.5) is 0 Å². The van der Waals surface area contributed by atoms with Gasteiger partial charge in [-0.05, 0) is 32.1 Å². The SMILES string of the molecule is CCC(CC)N[C@@H](C)CC(C)C. The van der Waals surface area contributed by atoms with E-state index in [0.29, 0.717) is 6.04 Å². The molecule has 0 heterocycles. The molecule has 0 aromatic carbocycles. The Kier molecular flexibility index (Phi) is 6.45. The molecule has 1 heteroatoms. The van der Waals surface area contributed by atoms with Crippen molar-refractivity contribution < 1.29 is 0 Å². The number of nitrogens with one attached hydrogen (secondary N) is 1. The second-order valence-corrected chi connectivity index (χ2v) is 4.21. The third-order valence-electron chi connectivity index (χ3n) is 2.33. The maximum absolute atomic E-state index is 3.65. The van der Waals surface area contributed by atoms with E-state index in [-0.39, 0.29) is 0 Å². The monoisotopic (exact) mass is 171 g/mol. The second-order valence-electron chi connectivity index (χ2n) is 4.21. The van der Waals surface area contributed by atoms with Crippen molar-refractivity contribution in [2.75, 3.05) is 0 Å². The Balaban J connectivity index is 3.58. The molecule has 0 aromatic rings. The molecule has 0 fully saturated rings. The average Bonchev–Trinajstić information content (AvgIpc) is 1.98. The van der Waals surface area contributed by atoms with Crippen molar-refractivity contribution in [2.24, 2.45) is 5.92 Å². The molecular formula is C11H25N. The lowest BCUT2D eigenvalue weighted by Crippen LogP contribution is -2.36. The van der Waals surface area contributed by atoms with Gasteiger partial charge in [0.15, 0.2) is 0 Å². The van der Waals surface area contributed by atoms with Gasteiger partial charge in [-0.1, -0.05) is 27.7 Å². The van der Waals surface area contributed by atoms with E-state index in [1.54, 1.807) is 0 Å². The van der Waals surface area contributed by atoms with Gasteiger partial charge in [0.1, 0.15) is 0 Å². The van der Waals surface area contributed by atoms with Crippen LogP contribution in [0.15, 0.2) is 0 Å². The Hall–Kier alpha value is -0.0400. The molecule has 12 heavy (non-hydrogen) atoms. The summed E-state index contributed by atoms with van der Waals surface area (Å²) in [6.07, 6.45) is 3.79. The van der Waals surface area contributed by atoms with Crippen LogP contribution >= 0.6 is 0 Å². The van der Waals surface area contributed by atoms with Crippen LogP contribution in [0.3, 0.4) is 0 Å². The van der Waals surface area contributed by atoms with Gasteiger partial charge in [0.25, 0.3) is 0 Å². The molecule has 0 rings (SSSR count). The molecule has 0 aromatic heterocycles. The predicted octanol–water partition coefficient (Wildman–Crippen LogP) is 3.20. The van der Waals surface area contributed by atoms with Gasteiger partial charge >= 0.3 is 0 Å². The molecule has 0 unspecified atom stereocenters. The average molecular weight is 171 g/mol. The van der Waals surface area contributed by atoms with Gasteiger partial charge in [-0.15, -0.1) is 0 Å². The number of hydrogen-bond donors (Lipinski definition) is 1. The lowest BCUT2D eigenvalue weighted by molar-refractivity contribution is 0.376. The first kappa shape index (κ1) is 12.0. The van der Waals surface area contributed by atoms with Crippen LogP contribution in [0.2, 0.25) is 0 Å². The van der Waals surface area contributed by atoms with Crippen LogP contribution in [0.1, 0.15) is 53.9 Å². The van der Waals surface area contributed by atoms with Crippen LogP contribution in [0.25, 0.3) is 0 Å². The van der Waals surface area contributed by atoms with Crippen molar-refractivity contribution in [2.45, 2.75) is 66.0 Å². The zero-order valence-corrected chi connectivity index (χ0v) is 9.35. The highest BCUT2D eigenvalue weighted by atomic mass is 14.9. The molecule has 1 N–H and O–H groups in total. The third-order valence-corrected chi connectivity index (χ3v) is 2.33. The molecule has 1 nitrogen and oxygen atoms in total. The quantitative estimate of drug-likeness (QED) is 0.647. The highest BCUT2D eigenvalue weighted by molar-refractivity contribution is 4.69. The highest BCUT2D eigenvalue weighted by Crippen LogP contribution is 2.06. The molecule has 0 radical (unpaired) electrons. The standard InChI is InChI=1S/C11H25N/c1-6-11(7-2)12-10(5)8-9(3)4/h9-12H,6-8H2,1-5H3/t10-/m0/s1. The molecule has 0 bridgehead atoms. The smallest absolute Gasteiger partial charge is 0.00642 e. The van der Waals surface area contributed by atoms with Crippen molar-refractivity contribution in [3.8, 4) is 0 Å². The van der Waals surface area contributed by atoms with E-state index in [1.807, 2.05) is 0 Å². The van der Waals surface area contributed by atoms with Gasteiger partial charge < -0.3 is 5.32 Å². The largest absolute Gasteiger partial charge is 0.312 e. The number of hydrogen-bond acceptors (Lipinski definition) is 1. The van der Waals surface area contributed by atoms with Gasteiger partial charge in [-0.3, -0.25) is 0 Å². The van der Waals surface area contributed by atoms with Crippen LogP contribution in [-0.4, -0.2) is 12.1 Å². The fourth-order valence-electron chi connectivity index (χ4n) is 1.70. The van der Waals surface area contributed by atoms with Crippen molar-refractivity contribution in [1.29, 1.82) is 0 Å². The zero-order valence-electron chi connectivity index (χ0n) is 9.35. The van der Waals surface area contributed by atoms with Gasteiger partial charge in [-0.2, -0.15) is 0 Å². The normalized spacial score (nSPS) is 14.2. The van der Waals surface area contributed by atoms with Gasteiger partial charge in [0, 0.05) is 12.1 Å². The Morgan fingerprint density at radius 1 is 1.00 bits per heavy atom. The molecule has 0 amide bonds. The summed E-state index contributed by atoms with van der Waals surface area (Å²) in [6, 6.07) is 1.40. The minimum Gasteiger partial charge on any atom is -0.312 e. The lowest BCUT2D eigenvalue weighted by atomic mass is 10.0. The summed E-state index contributed by atoms with van der Waals surface area (Å²) in [6.45, 7) is 11.4. The van der Waals surface area contributed by atoms with Gasteiger partial charge in [-0.25, -0.2) is 0 Å². The lowest BCUT2D eigenvalue weighted by Gasteiger charge is -2.22. The summed E-state index contributed by atoms with van der Waals surface area (Å²) >= 11 is 0. The van der Waals surface area contributed by atoms with E-state index in [4.69, 9.17) is 0 Å².